The van der Waals surface area contributed by atoms with Gasteiger partial charge in [0.05, 0.1) is 22.7 Å². The number of fused-ring (bicyclic) bond motifs is 1. The van der Waals surface area contributed by atoms with E-state index < -0.39 is 28.5 Å². The normalized spacial score (nSPS) is 20.8. The summed E-state index contributed by atoms with van der Waals surface area (Å²) in [6.07, 6.45) is 2.80. The highest BCUT2D eigenvalue weighted by molar-refractivity contribution is 7.89. The predicted molar refractivity (Wildman–Crippen MR) is 123 cm³/mol. The van der Waals surface area contributed by atoms with Crippen molar-refractivity contribution in [2.24, 2.45) is 0 Å². The number of ether oxygens (including phenoxy) is 2. The number of esters is 1. The van der Waals surface area contributed by atoms with E-state index in [2.05, 4.69) is 5.32 Å². The van der Waals surface area contributed by atoms with Gasteiger partial charge in [0.2, 0.25) is 10.0 Å². The highest BCUT2D eigenvalue weighted by atomic mass is 32.2. The quantitative estimate of drug-likeness (QED) is 0.649. The maximum atomic E-state index is 12.9. The minimum Gasteiger partial charge on any atom is -0.452 e. The van der Waals surface area contributed by atoms with Gasteiger partial charge in [-0.15, -0.1) is 0 Å². The largest absolute Gasteiger partial charge is 0.452 e. The van der Waals surface area contributed by atoms with Gasteiger partial charge in [0, 0.05) is 18.8 Å². The van der Waals surface area contributed by atoms with Gasteiger partial charge in [0.1, 0.15) is 0 Å². The van der Waals surface area contributed by atoms with Crippen LogP contribution in [0, 0.1) is 0 Å². The molecule has 2 aliphatic rings. The van der Waals surface area contributed by atoms with Crippen LogP contribution in [0.2, 0.25) is 0 Å². The average molecular weight is 473 g/mol. The van der Waals surface area contributed by atoms with Gasteiger partial charge in [-0.2, -0.15) is 4.31 Å². The molecule has 1 amide bonds. The molecule has 0 bridgehead atoms. The van der Waals surface area contributed by atoms with E-state index in [9.17, 15) is 18.0 Å². The van der Waals surface area contributed by atoms with Crippen LogP contribution in [0.5, 0.6) is 0 Å². The number of carbonyl (C=O) groups is 2. The molecule has 1 saturated heterocycles. The van der Waals surface area contributed by atoms with Crippen LogP contribution in [0.1, 0.15) is 41.8 Å². The number of morpholine rings is 1. The van der Waals surface area contributed by atoms with Crippen molar-refractivity contribution in [2.45, 2.75) is 50.2 Å². The molecule has 33 heavy (non-hydrogen) atoms. The lowest BCUT2D eigenvalue weighted by Gasteiger charge is -2.34. The minimum absolute atomic E-state index is 0.0923. The van der Waals surface area contributed by atoms with E-state index in [0.717, 1.165) is 19.3 Å². The van der Waals surface area contributed by atoms with Gasteiger partial charge in [-0.1, -0.05) is 6.07 Å². The Morgan fingerprint density at radius 3 is 2.39 bits per heavy atom. The fourth-order valence-electron chi connectivity index (χ4n) is 4.30. The van der Waals surface area contributed by atoms with Gasteiger partial charge in [-0.25, -0.2) is 13.2 Å². The van der Waals surface area contributed by atoms with Crippen molar-refractivity contribution in [3.8, 4) is 0 Å². The summed E-state index contributed by atoms with van der Waals surface area (Å²) in [6.45, 7) is 3.78. The first kappa shape index (κ1) is 23.4. The third-order valence-electron chi connectivity index (χ3n) is 5.83. The van der Waals surface area contributed by atoms with Crippen molar-refractivity contribution in [3.63, 3.8) is 0 Å². The van der Waals surface area contributed by atoms with Crippen LogP contribution < -0.4 is 5.32 Å². The SMILES string of the molecule is CC1CN(S(=O)(=O)c2ccc(C(=O)OCC(=O)Nc3ccc4c(c3)CCC4)cc2)CC(C)O1. The summed E-state index contributed by atoms with van der Waals surface area (Å²) in [5.74, 6) is -1.13. The molecule has 176 valence electrons. The number of nitrogens with one attached hydrogen (secondary N) is 1. The first-order chi connectivity index (χ1) is 15.7. The number of aryl methyl sites for hydroxylation is 2. The van der Waals surface area contributed by atoms with E-state index in [4.69, 9.17) is 9.47 Å². The van der Waals surface area contributed by atoms with E-state index in [0.29, 0.717) is 5.69 Å². The number of carbonyl (C=O) groups excluding carboxylic acids is 2. The first-order valence-corrected chi connectivity index (χ1v) is 12.5. The standard InChI is InChI=1S/C24H28N2O6S/c1-16-13-26(14-17(2)32-16)33(29,30)22-10-7-19(8-11-22)24(28)31-15-23(27)25-21-9-6-18-4-3-5-20(18)12-21/h6-12,16-17H,3-5,13-15H2,1-2H3,(H,25,27). The Bertz CT molecular complexity index is 1140. The zero-order valence-electron chi connectivity index (χ0n) is 18.7. The summed E-state index contributed by atoms with van der Waals surface area (Å²) < 4.78 is 37.9. The first-order valence-electron chi connectivity index (χ1n) is 11.1. The molecule has 4 rings (SSSR count). The molecule has 0 spiro atoms. The number of rotatable bonds is 6. The average Bonchev–Trinajstić information content (AvgIpc) is 3.25. The summed E-state index contributed by atoms with van der Waals surface area (Å²) in [7, 11) is -3.70. The predicted octanol–water partition coefficient (Wildman–Crippen LogP) is 2.77. The zero-order valence-corrected chi connectivity index (χ0v) is 19.6. The molecule has 2 atom stereocenters. The van der Waals surface area contributed by atoms with E-state index in [1.807, 2.05) is 32.0 Å². The molecule has 1 N–H and O–H groups in total. The summed E-state index contributed by atoms with van der Waals surface area (Å²) in [6, 6.07) is 11.3. The number of amides is 1. The van der Waals surface area contributed by atoms with Gasteiger partial charge in [-0.3, -0.25) is 4.79 Å². The molecule has 0 saturated carbocycles. The third-order valence-corrected chi connectivity index (χ3v) is 7.68. The van der Waals surface area contributed by atoms with Crippen molar-refractivity contribution in [1.29, 1.82) is 0 Å². The van der Waals surface area contributed by atoms with Gasteiger partial charge in [0.15, 0.2) is 6.61 Å². The number of sulfonamides is 1. The summed E-state index contributed by atoms with van der Waals surface area (Å²) in [5.41, 5.74) is 3.39. The van der Waals surface area contributed by atoms with Crippen LogP contribution in [0.15, 0.2) is 47.4 Å². The summed E-state index contributed by atoms with van der Waals surface area (Å²) in [4.78, 5) is 24.6. The Morgan fingerprint density at radius 1 is 1.03 bits per heavy atom. The molecule has 1 heterocycles. The second kappa shape index (κ2) is 9.62. The van der Waals surface area contributed by atoms with E-state index in [1.54, 1.807) is 0 Å². The second-order valence-corrected chi connectivity index (χ2v) is 10.5. The molecule has 9 heteroatoms. The van der Waals surface area contributed by atoms with E-state index in [1.165, 1.54) is 39.7 Å². The van der Waals surface area contributed by atoms with Crippen LogP contribution in [0.4, 0.5) is 5.69 Å². The summed E-state index contributed by atoms with van der Waals surface area (Å²) >= 11 is 0. The molecule has 2 aromatic carbocycles. The molecule has 8 nitrogen and oxygen atoms in total. The molecule has 1 aliphatic carbocycles. The monoisotopic (exact) mass is 472 g/mol. The number of hydrogen-bond acceptors (Lipinski definition) is 6. The van der Waals surface area contributed by atoms with Gasteiger partial charge >= 0.3 is 5.97 Å². The highest BCUT2D eigenvalue weighted by Crippen LogP contribution is 2.25. The maximum Gasteiger partial charge on any atom is 0.338 e. The minimum atomic E-state index is -3.70. The third kappa shape index (κ3) is 5.43. The lowest BCUT2D eigenvalue weighted by Crippen LogP contribution is -2.48. The number of hydrogen-bond donors (Lipinski definition) is 1. The molecule has 2 aromatic rings. The van der Waals surface area contributed by atoms with Gasteiger partial charge in [-0.05, 0) is 80.6 Å². The van der Waals surface area contributed by atoms with Gasteiger partial charge < -0.3 is 14.8 Å². The van der Waals surface area contributed by atoms with Crippen molar-refractivity contribution in [3.05, 3.63) is 59.2 Å². The number of benzene rings is 2. The highest BCUT2D eigenvalue weighted by Gasteiger charge is 2.32. The van der Waals surface area contributed by atoms with Crippen molar-refractivity contribution in [2.75, 3.05) is 25.0 Å². The van der Waals surface area contributed by atoms with Crippen LogP contribution in [0.3, 0.4) is 0 Å². The van der Waals surface area contributed by atoms with Crippen molar-refractivity contribution >= 4 is 27.6 Å². The van der Waals surface area contributed by atoms with E-state index >= 15 is 0 Å². The molecule has 1 aliphatic heterocycles. The molecule has 0 radical (unpaired) electrons. The summed E-state index contributed by atoms with van der Waals surface area (Å²) in [5, 5.41) is 2.74. The molecule has 0 aromatic heterocycles. The zero-order chi connectivity index (χ0) is 23.6. The molecular formula is C24H28N2O6S. The maximum absolute atomic E-state index is 12.9. The molecular weight excluding hydrogens is 444 g/mol. The second-order valence-electron chi connectivity index (χ2n) is 8.57. The van der Waals surface area contributed by atoms with Crippen LogP contribution in [-0.2, 0) is 37.1 Å². The number of anilines is 1. The Hall–Kier alpha value is -2.75. The van der Waals surface area contributed by atoms with Crippen molar-refractivity contribution in [1.82, 2.24) is 4.31 Å². The van der Waals surface area contributed by atoms with Crippen LogP contribution in [-0.4, -0.2) is 56.5 Å². The van der Waals surface area contributed by atoms with E-state index in [-0.39, 0.29) is 35.8 Å². The van der Waals surface area contributed by atoms with Crippen LogP contribution >= 0.6 is 0 Å². The number of nitrogens with zero attached hydrogens (tertiary/aromatic N) is 1. The van der Waals surface area contributed by atoms with Crippen LogP contribution in [0.25, 0.3) is 0 Å². The van der Waals surface area contributed by atoms with Crippen molar-refractivity contribution < 1.29 is 27.5 Å². The Kier molecular flexibility index (Phi) is 6.83. The fourth-order valence-corrected chi connectivity index (χ4v) is 5.89. The molecule has 2 unspecified atom stereocenters. The Balaban J connectivity index is 1.33. The fraction of sp³-hybridized carbons (Fsp3) is 0.417. The smallest absolute Gasteiger partial charge is 0.338 e. The topological polar surface area (TPSA) is 102 Å². The Labute approximate surface area is 193 Å². The Morgan fingerprint density at radius 2 is 1.70 bits per heavy atom. The molecule has 1 fully saturated rings. The lowest BCUT2D eigenvalue weighted by atomic mass is 10.1. The lowest BCUT2D eigenvalue weighted by molar-refractivity contribution is -0.119. The van der Waals surface area contributed by atoms with Gasteiger partial charge in [0.25, 0.3) is 5.91 Å².